The first-order valence-electron chi connectivity index (χ1n) is 9.64. The first kappa shape index (κ1) is 19.3. The van der Waals surface area contributed by atoms with Gasteiger partial charge in [0.15, 0.2) is 0 Å². The summed E-state index contributed by atoms with van der Waals surface area (Å²) < 4.78 is 0. The first-order chi connectivity index (χ1) is 10.6. The Kier molecular flexibility index (Phi) is 9.52. The van der Waals surface area contributed by atoms with E-state index in [0.717, 1.165) is 5.92 Å². The maximum absolute atomic E-state index is 2.44. The highest BCUT2D eigenvalue weighted by Crippen LogP contribution is 2.33. The average Bonchev–Trinajstić information content (AvgIpc) is 2.53. The van der Waals surface area contributed by atoms with Gasteiger partial charge in [-0.15, -0.1) is 0 Å². The summed E-state index contributed by atoms with van der Waals surface area (Å²) in [5.74, 6) is 0.879. The number of benzene rings is 1. The maximum Gasteiger partial charge on any atom is -0.00779 e. The molecule has 0 aromatic heterocycles. The van der Waals surface area contributed by atoms with Crippen LogP contribution in [0.15, 0.2) is 30.3 Å². The molecule has 1 rings (SSSR count). The molecule has 1 atom stereocenters. The van der Waals surface area contributed by atoms with Crippen LogP contribution >= 0.6 is 0 Å². The number of hydrogen-bond donors (Lipinski definition) is 0. The van der Waals surface area contributed by atoms with Gasteiger partial charge in [0.25, 0.3) is 0 Å². The number of hydrogen-bond acceptors (Lipinski definition) is 0. The Bertz CT molecular complexity index is 365. The van der Waals surface area contributed by atoms with Crippen molar-refractivity contribution in [3.63, 3.8) is 0 Å². The lowest BCUT2D eigenvalue weighted by Gasteiger charge is -2.29. The van der Waals surface area contributed by atoms with E-state index in [1.807, 2.05) is 0 Å². The standard InChI is InChI=1S/C22H38/c1-5-22(4,21-17-13-11-14-18-21)19-15-10-8-6-7-9-12-16-20(2)3/h11,13-14,17-18,20H,5-10,12,15-16,19H2,1-4H3. The highest BCUT2D eigenvalue weighted by molar-refractivity contribution is 5.24. The van der Waals surface area contributed by atoms with Gasteiger partial charge in [0, 0.05) is 0 Å². The molecule has 1 aromatic rings. The third-order valence-electron chi connectivity index (χ3n) is 5.26. The Labute approximate surface area is 139 Å². The fourth-order valence-electron chi connectivity index (χ4n) is 3.32. The molecule has 1 unspecified atom stereocenters. The van der Waals surface area contributed by atoms with E-state index >= 15 is 0 Å². The van der Waals surface area contributed by atoms with Gasteiger partial charge in [-0.05, 0) is 29.7 Å². The Hall–Kier alpha value is -0.780. The second-order valence-electron chi connectivity index (χ2n) is 7.69. The van der Waals surface area contributed by atoms with Gasteiger partial charge >= 0.3 is 0 Å². The molecule has 0 heterocycles. The lowest BCUT2D eigenvalue weighted by Crippen LogP contribution is -2.20. The van der Waals surface area contributed by atoms with Gasteiger partial charge in [-0.25, -0.2) is 0 Å². The molecule has 0 fully saturated rings. The second kappa shape index (κ2) is 10.9. The molecule has 0 saturated carbocycles. The topological polar surface area (TPSA) is 0 Å². The number of unbranched alkanes of at least 4 members (excludes halogenated alkanes) is 6. The van der Waals surface area contributed by atoms with Crippen LogP contribution in [0.3, 0.4) is 0 Å². The summed E-state index contributed by atoms with van der Waals surface area (Å²) in [4.78, 5) is 0. The van der Waals surface area contributed by atoms with Crippen molar-refractivity contribution in [3.8, 4) is 0 Å². The normalized spacial score (nSPS) is 14.2. The van der Waals surface area contributed by atoms with E-state index in [1.54, 1.807) is 0 Å². The minimum Gasteiger partial charge on any atom is -0.0645 e. The van der Waals surface area contributed by atoms with Crippen molar-refractivity contribution in [3.05, 3.63) is 35.9 Å². The van der Waals surface area contributed by atoms with Gasteiger partial charge < -0.3 is 0 Å². The Morgan fingerprint density at radius 1 is 0.818 bits per heavy atom. The van der Waals surface area contributed by atoms with E-state index in [1.165, 1.54) is 69.8 Å². The second-order valence-corrected chi connectivity index (χ2v) is 7.69. The monoisotopic (exact) mass is 302 g/mol. The zero-order valence-electron chi connectivity index (χ0n) is 15.5. The molecule has 0 saturated heterocycles. The molecule has 0 spiro atoms. The molecule has 22 heavy (non-hydrogen) atoms. The van der Waals surface area contributed by atoms with Crippen LogP contribution in [0.4, 0.5) is 0 Å². The molecule has 126 valence electrons. The van der Waals surface area contributed by atoms with Crippen molar-refractivity contribution in [2.45, 2.75) is 97.3 Å². The first-order valence-corrected chi connectivity index (χ1v) is 9.64. The van der Waals surface area contributed by atoms with E-state index in [0.29, 0.717) is 5.41 Å². The Morgan fingerprint density at radius 2 is 1.36 bits per heavy atom. The quantitative estimate of drug-likeness (QED) is 0.350. The van der Waals surface area contributed by atoms with E-state index in [4.69, 9.17) is 0 Å². The fraction of sp³-hybridized carbons (Fsp3) is 0.727. The highest BCUT2D eigenvalue weighted by atomic mass is 14.3. The summed E-state index contributed by atoms with van der Waals surface area (Å²) in [5, 5.41) is 0. The maximum atomic E-state index is 2.44. The van der Waals surface area contributed by atoms with E-state index in [-0.39, 0.29) is 0 Å². The van der Waals surface area contributed by atoms with E-state index < -0.39 is 0 Å². The third-order valence-corrected chi connectivity index (χ3v) is 5.26. The summed E-state index contributed by atoms with van der Waals surface area (Å²) in [5.41, 5.74) is 1.89. The van der Waals surface area contributed by atoms with E-state index in [2.05, 4.69) is 58.0 Å². The van der Waals surface area contributed by atoms with Crippen LogP contribution in [-0.4, -0.2) is 0 Å². The van der Waals surface area contributed by atoms with Crippen LogP contribution < -0.4 is 0 Å². The molecule has 0 aliphatic heterocycles. The average molecular weight is 303 g/mol. The van der Waals surface area contributed by atoms with Gasteiger partial charge in [0.1, 0.15) is 0 Å². The predicted molar refractivity (Wildman–Crippen MR) is 100 cm³/mol. The van der Waals surface area contributed by atoms with Crippen LogP contribution in [0.2, 0.25) is 0 Å². The molecule has 1 aromatic carbocycles. The molecule has 0 N–H and O–H groups in total. The van der Waals surface area contributed by atoms with Gasteiger partial charge in [0.05, 0.1) is 0 Å². The molecule has 0 aliphatic rings. The summed E-state index contributed by atoms with van der Waals surface area (Å²) in [6.07, 6.45) is 13.9. The SMILES string of the molecule is CCC(C)(CCCCCCCCCC(C)C)c1ccccc1. The lowest BCUT2D eigenvalue weighted by atomic mass is 9.76. The van der Waals surface area contributed by atoms with Crippen molar-refractivity contribution >= 4 is 0 Å². The lowest BCUT2D eigenvalue weighted by molar-refractivity contribution is 0.393. The van der Waals surface area contributed by atoms with Gasteiger partial charge in [0.2, 0.25) is 0 Å². The molecular weight excluding hydrogens is 264 g/mol. The summed E-state index contributed by atoms with van der Waals surface area (Å²) >= 11 is 0. The van der Waals surface area contributed by atoms with Crippen LogP contribution in [0.1, 0.15) is 97.5 Å². The van der Waals surface area contributed by atoms with Crippen molar-refractivity contribution in [2.75, 3.05) is 0 Å². The third kappa shape index (κ3) is 7.47. The molecule has 0 radical (unpaired) electrons. The van der Waals surface area contributed by atoms with Crippen molar-refractivity contribution in [2.24, 2.45) is 5.92 Å². The fourth-order valence-corrected chi connectivity index (χ4v) is 3.32. The van der Waals surface area contributed by atoms with Gasteiger partial charge in [-0.2, -0.15) is 0 Å². The van der Waals surface area contributed by atoms with Crippen molar-refractivity contribution < 1.29 is 0 Å². The molecule has 0 nitrogen and oxygen atoms in total. The summed E-state index contributed by atoms with van der Waals surface area (Å²) in [6.45, 7) is 9.44. The zero-order chi connectivity index (χ0) is 16.3. The zero-order valence-corrected chi connectivity index (χ0v) is 15.5. The molecule has 0 aliphatic carbocycles. The van der Waals surface area contributed by atoms with Crippen LogP contribution in [-0.2, 0) is 5.41 Å². The van der Waals surface area contributed by atoms with Crippen LogP contribution in [0, 0.1) is 5.92 Å². The summed E-state index contributed by atoms with van der Waals surface area (Å²) in [7, 11) is 0. The molecule has 0 amide bonds. The molecule has 0 heteroatoms. The van der Waals surface area contributed by atoms with Crippen molar-refractivity contribution in [1.82, 2.24) is 0 Å². The largest absolute Gasteiger partial charge is 0.0645 e. The minimum atomic E-state index is 0.374. The summed E-state index contributed by atoms with van der Waals surface area (Å²) in [6, 6.07) is 11.1. The molecule has 0 bridgehead atoms. The Morgan fingerprint density at radius 3 is 1.91 bits per heavy atom. The van der Waals surface area contributed by atoms with Crippen molar-refractivity contribution in [1.29, 1.82) is 0 Å². The molecular formula is C22H38. The van der Waals surface area contributed by atoms with E-state index in [9.17, 15) is 0 Å². The van der Waals surface area contributed by atoms with Crippen LogP contribution in [0.5, 0.6) is 0 Å². The number of rotatable bonds is 12. The van der Waals surface area contributed by atoms with Gasteiger partial charge in [-0.1, -0.05) is 109 Å². The van der Waals surface area contributed by atoms with Gasteiger partial charge in [-0.3, -0.25) is 0 Å². The predicted octanol–water partition coefficient (Wildman–Crippen LogP) is 7.52. The van der Waals surface area contributed by atoms with Crippen LogP contribution in [0.25, 0.3) is 0 Å². The highest BCUT2D eigenvalue weighted by Gasteiger charge is 2.23. The minimum absolute atomic E-state index is 0.374. The smallest absolute Gasteiger partial charge is 0.00779 e. The Balaban J connectivity index is 2.12.